The van der Waals surface area contributed by atoms with Crippen molar-refractivity contribution in [1.29, 1.82) is 0 Å². The summed E-state index contributed by atoms with van der Waals surface area (Å²) in [4.78, 5) is 23.4. The number of benzene rings is 1. The number of carbonyl (C=O) groups excluding carboxylic acids is 2. The van der Waals surface area contributed by atoms with Crippen molar-refractivity contribution in [3.8, 4) is 0 Å². The van der Waals surface area contributed by atoms with Gasteiger partial charge in [-0.05, 0) is 18.9 Å². The number of ether oxygens (including phenoxy) is 2. The lowest BCUT2D eigenvalue weighted by Gasteiger charge is -2.24. The van der Waals surface area contributed by atoms with E-state index in [1.54, 1.807) is 6.92 Å². The van der Waals surface area contributed by atoms with Gasteiger partial charge >= 0.3 is 11.9 Å². The molecule has 1 aliphatic rings. The molecule has 1 fully saturated rings. The summed E-state index contributed by atoms with van der Waals surface area (Å²) in [5.41, 5.74) is 0.922. The van der Waals surface area contributed by atoms with Gasteiger partial charge in [0, 0.05) is 0 Å². The molecular weight excluding hydrogens is 260 g/mol. The Bertz CT molecular complexity index is 470. The first-order valence-corrected chi connectivity index (χ1v) is 6.66. The Hall–Kier alpha value is -1.88. The maximum Gasteiger partial charge on any atom is 0.312 e. The first-order valence-electron chi connectivity index (χ1n) is 6.66. The van der Waals surface area contributed by atoms with E-state index in [2.05, 4.69) is 0 Å². The molecule has 108 valence electrons. The Labute approximate surface area is 117 Å². The minimum atomic E-state index is -1.08. The van der Waals surface area contributed by atoms with Crippen LogP contribution in [0.2, 0.25) is 0 Å². The van der Waals surface area contributed by atoms with E-state index in [0.717, 1.165) is 5.56 Å². The van der Waals surface area contributed by atoms with Gasteiger partial charge in [0.05, 0.1) is 12.3 Å². The van der Waals surface area contributed by atoms with Crippen LogP contribution >= 0.6 is 0 Å². The van der Waals surface area contributed by atoms with Crippen molar-refractivity contribution in [3.63, 3.8) is 0 Å². The fourth-order valence-corrected chi connectivity index (χ4v) is 2.22. The van der Waals surface area contributed by atoms with Crippen LogP contribution in [0.4, 0.5) is 0 Å². The van der Waals surface area contributed by atoms with E-state index in [1.807, 2.05) is 30.3 Å². The van der Waals surface area contributed by atoms with Gasteiger partial charge in [0.1, 0.15) is 18.8 Å². The highest BCUT2D eigenvalue weighted by atomic mass is 16.6. The predicted molar refractivity (Wildman–Crippen MR) is 70.8 cm³/mol. The number of esters is 2. The number of carbonyl (C=O) groups is 2. The molecule has 1 aromatic rings. The van der Waals surface area contributed by atoms with Gasteiger partial charge in [-0.1, -0.05) is 30.3 Å². The normalized spacial score (nSPS) is 27.8. The number of cyclic esters (lactones) is 2. The van der Waals surface area contributed by atoms with Crippen LogP contribution in [0.15, 0.2) is 30.3 Å². The molecule has 0 bridgehead atoms. The smallest absolute Gasteiger partial charge is 0.312 e. The summed E-state index contributed by atoms with van der Waals surface area (Å²) in [6.45, 7) is 1.57. The third-order valence-corrected chi connectivity index (χ3v) is 3.36. The zero-order chi connectivity index (χ0) is 14.5. The molecule has 1 unspecified atom stereocenters. The van der Waals surface area contributed by atoms with Crippen LogP contribution < -0.4 is 0 Å². The Morgan fingerprint density at radius 3 is 2.65 bits per heavy atom. The first kappa shape index (κ1) is 14.5. The van der Waals surface area contributed by atoms with Crippen LogP contribution in [-0.4, -0.2) is 35.9 Å². The molecule has 0 saturated carbocycles. The zero-order valence-electron chi connectivity index (χ0n) is 11.3. The van der Waals surface area contributed by atoms with E-state index >= 15 is 0 Å². The predicted octanol–water partition coefficient (Wildman–Crippen LogP) is 1.08. The molecule has 1 aliphatic heterocycles. The number of rotatable bonds is 2. The number of hydrogen-bond donors (Lipinski definition) is 1. The standard InChI is InChI=1S/C15H18O5/c1-10-14(17)12(9-11-5-3-2-4-6-11)15(18)19-8-7-13(16)20-10/h2-6,10,12,14,17H,7-9H2,1H3/t10-,12?,14-/m0/s1. The van der Waals surface area contributed by atoms with E-state index in [9.17, 15) is 14.7 Å². The van der Waals surface area contributed by atoms with Crippen molar-refractivity contribution in [2.45, 2.75) is 32.0 Å². The van der Waals surface area contributed by atoms with Gasteiger partial charge in [0.25, 0.3) is 0 Å². The third-order valence-electron chi connectivity index (χ3n) is 3.36. The summed E-state index contributed by atoms with van der Waals surface area (Å²) in [5.74, 6) is -1.70. The molecule has 2 rings (SSSR count). The Kier molecular flexibility index (Phi) is 4.74. The van der Waals surface area contributed by atoms with Crippen LogP contribution in [0.5, 0.6) is 0 Å². The quantitative estimate of drug-likeness (QED) is 0.820. The van der Waals surface area contributed by atoms with Crippen molar-refractivity contribution in [3.05, 3.63) is 35.9 Å². The summed E-state index contributed by atoms with van der Waals surface area (Å²) >= 11 is 0. The minimum Gasteiger partial charge on any atom is -0.465 e. The average molecular weight is 278 g/mol. The van der Waals surface area contributed by atoms with Crippen LogP contribution in [0.3, 0.4) is 0 Å². The van der Waals surface area contributed by atoms with Gasteiger partial charge in [-0.2, -0.15) is 0 Å². The summed E-state index contributed by atoms with van der Waals surface area (Å²) in [7, 11) is 0. The van der Waals surface area contributed by atoms with E-state index in [-0.39, 0.29) is 13.0 Å². The summed E-state index contributed by atoms with van der Waals surface area (Å²) in [6.07, 6.45) is -1.45. The first-order chi connectivity index (χ1) is 9.58. The number of aliphatic hydroxyl groups excluding tert-OH is 1. The highest BCUT2D eigenvalue weighted by Crippen LogP contribution is 2.20. The molecule has 1 heterocycles. The van der Waals surface area contributed by atoms with Gasteiger partial charge in [0.15, 0.2) is 0 Å². The second-order valence-corrected chi connectivity index (χ2v) is 4.90. The van der Waals surface area contributed by atoms with Gasteiger partial charge < -0.3 is 14.6 Å². The van der Waals surface area contributed by atoms with Crippen molar-refractivity contribution < 1.29 is 24.2 Å². The monoisotopic (exact) mass is 278 g/mol. The molecule has 1 saturated heterocycles. The van der Waals surface area contributed by atoms with Crippen LogP contribution in [0.25, 0.3) is 0 Å². The maximum atomic E-state index is 12.0. The van der Waals surface area contributed by atoms with Crippen molar-refractivity contribution in [2.75, 3.05) is 6.61 Å². The van der Waals surface area contributed by atoms with E-state index < -0.39 is 30.1 Å². The van der Waals surface area contributed by atoms with Gasteiger partial charge in [0.2, 0.25) is 0 Å². The third kappa shape index (κ3) is 3.57. The number of aliphatic hydroxyl groups is 1. The largest absolute Gasteiger partial charge is 0.465 e. The lowest BCUT2D eigenvalue weighted by atomic mass is 9.91. The second kappa shape index (κ2) is 6.52. The molecule has 20 heavy (non-hydrogen) atoms. The van der Waals surface area contributed by atoms with Gasteiger partial charge in [-0.3, -0.25) is 9.59 Å². The van der Waals surface area contributed by atoms with Gasteiger partial charge in [-0.25, -0.2) is 0 Å². The molecule has 0 aliphatic carbocycles. The van der Waals surface area contributed by atoms with Crippen LogP contribution in [-0.2, 0) is 25.5 Å². The highest BCUT2D eigenvalue weighted by Gasteiger charge is 2.35. The van der Waals surface area contributed by atoms with E-state index in [1.165, 1.54) is 0 Å². The van der Waals surface area contributed by atoms with Crippen molar-refractivity contribution in [1.82, 2.24) is 0 Å². The maximum absolute atomic E-state index is 12.0. The summed E-state index contributed by atoms with van der Waals surface area (Å²) < 4.78 is 10.1. The van der Waals surface area contributed by atoms with Crippen molar-refractivity contribution in [2.24, 2.45) is 5.92 Å². The van der Waals surface area contributed by atoms with Crippen LogP contribution in [0.1, 0.15) is 18.9 Å². The van der Waals surface area contributed by atoms with Crippen molar-refractivity contribution >= 4 is 11.9 Å². The fraction of sp³-hybridized carbons (Fsp3) is 0.467. The molecule has 0 radical (unpaired) electrons. The second-order valence-electron chi connectivity index (χ2n) is 4.90. The molecule has 1 N–H and O–H groups in total. The topological polar surface area (TPSA) is 72.8 Å². The molecule has 5 heteroatoms. The Morgan fingerprint density at radius 2 is 1.95 bits per heavy atom. The molecule has 0 amide bonds. The molecule has 5 nitrogen and oxygen atoms in total. The highest BCUT2D eigenvalue weighted by molar-refractivity contribution is 5.75. The summed E-state index contributed by atoms with van der Waals surface area (Å²) in [6, 6.07) is 9.37. The zero-order valence-corrected chi connectivity index (χ0v) is 11.3. The Morgan fingerprint density at radius 1 is 1.25 bits per heavy atom. The SMILES string of the molecule is C[C@@H]1OC(=O)CCOC(=O)C(Cc2ccccc2)[C@H]1O. The van der Waals surface area contributed by atoms with E-state index in [4.69, 9.17) is 9.47 Å². The fourth-order valence-electron chi connectivity index (χ4n) is 2.22. The molecular formula is C15H18O5. The molecule has 0 aromatic heterocycles. The Balaban J connectivity index is 2.17. The van der Waals surface area contributed by atoms with Gasteiger partial charge in [-0.15, -0.1) is 0 Å². The summed E-state index contributed by atoms with van der Waals surface area (Å²) in [5, 5.41) is 10.2. The molecule has 1 aromatic carbocycles. The minimum absolute atomic E-state index is 0.0115. The van der Waals surface area contributed by atoms with Crippen LogP contribution in [0, 0.1) is 5.92 Å². The number of hydrogen-bond acceptors (Lipinski definition) is 5. The average Bonchev–Trinajstić information content (AvgIpc) is 2.47. The lowest BCUT2D eigenvalue weighted by molar-refractivity contribution is -0.158. The molecule has 3 atom stereocenters. The van der Waals surface area contributed by atoms with E-state index in [0.29, 0.717) is 6.42 Å². The lowest BCUT2D eigenvalue weighted by Crippen LogP contribution is -2.39. The molecule has 0 spiro atoms.